The molecule has 1 aliphatic heterocycles. The molecule has 5 heteroatoms. The first-order valence-electron chi connectivity index (χ1n) is 6.02. The van der Waals surface area contributed by atoms with Crippen molar-refractivity contribution in [3.8, 4) is 0 Å². The van der Waals surface area contributed by atoms with Crippen LogP contribution in [0.15, 0.2) is 12.4 Å². The van der Waals surface area contributed by atoms with Crippen molar-refractivity contribution < 1.29 is 4.79 Å². The highest BCUT2D eigenvalue weighted by molar-refractivity contribution is 6.30. The Kier molecular flexibility index (Phi) is 3.72. The molecule has 0 N–H and O–H groups in total. The Bertz CT molecular complexity index is 402. The fourth-order valence-electron chi connectivity index (χ4n) is 2.38. The van der Waals surface area contributed by atoms with Gasteiger partial charge >= 0.3 is 0 Å². The molecule has 2 heterocycles. The van der Waals surface area contributed by atoms with Crippen molar-refractivity contribution >= 4 is 17.5 Å². The highest BCUT2D eigenvalue weighted by Gasteiger charge is 2.30. The van der Waals surface area contributed by atoms with E-state index in [-0.39, 0.29) is 11.9 Å². The van der Waals surface area contributed by atoms with Crippen LogP contribution in [0.1, 0.15) is 37.8 Å². The minimum atomic E-state index is -0.452. The standard InChI is InChI=1S/C12H18ClN3O/c1-9(13)12(17)16-6-4-3-5-11(16)10-7-14-15(2)8-10/h7-9,11H,3-6H2,1-2H3. The normalized spacial score (nSPS) is 22.5. The molecule has 1 aliphatic rings. The lowest BCUT2D eigenvalue weighted by Crippen LogP contribution is -2.41. The molecule has 0 aromatic carbocycles. The molecule has 94 valence electrons. The third-order valence-corrected chi connectivity index (χ3v) is 3.42. The molecule has 1 aromatic rings. The quantitative estimate of drug-likeness (QED) is 0.759. The van der Waals surface area contributed by atoms with Crippen LogP contribution < -0.4 is 0 Å². The lowest BCUT2D eigenvalue weighted by atomic mass is 9.97. The van der Waals surface area contributed by atoms with Gasteiger partial charge in [-0.3, -0.25) is 9.48 Å². The third-order valence-electron chi connectivity index (χ3n) is 3.24. The Labute approximate surface area is 107 Å². The molecule has 0 bridgehead atoms. The number of carbonyl (C=O) groups excluding carboxylic acids is 1. The molecule has 17 heavy (non-hydrogen) atoms. The van der Waals surface area contributed by atoms with E-state index in [9.17, 15) is 4.79 Å². The number of aryl methyl sites for hydroxylation is 1. The number of carbonyl (C=O) groups is 1. The molecule has 1 aromatic heterocycles. The minimum Gasteiger partial charge on any atom is -0.334 e. The van der Waals surface area contributed by atoms with Crippen LogP contribution in [-0.2, 0) is 11.8 Å². The Hall–Kier alpha value is -1.03. The molecule has 2 atom stereocenters. The summed E-state index contributed by atoms with van der Waals surface area (Å²) >= 11 is 5.91. The number of piperidine rings is 1. The van der Waals surface area contributed by atoms with Gasteiger partial charge in [0.05, 0.1) is 12.2 Å². The maximum atomic E-state index is 12.1. The van der Waals surface area contributed by atoms with E-state index in [1.807, 2.05) is 24.3 Å². The summed E-state index contributed by atoms with van der Waals surface area (Å²) in [7, 11) is 1.89. The van der Waals surface area contributed by atoms with Gasteiger partial charge in [0.2, 0.25) is 5.91 Å². The van der Waals surface area contributed by atoms with Gasteiger partial charge < -0.3 is 4.90 Å². The van der Waals surface area contributed by atoms with Crippen LogP contribution >= 0.6 is 11.6 Å². The van der Waals surface area contributed by atoms with Crippen molar-refractivity contribution in [3.05, 3.63) is 18.0 Å². The Morgan fingerprint density at radius 2 is 2.35 bits per heavy atom. The number of nitrogens with zero attached hydrogens (tertiary/aromatic N) is 3. The van der Waals surface area contributed by atoms with Gasteiger partial charge in [0.25, 0.3) is 0 Å². The van der Waals surface area contributed by atoms with Crippen LogP contribution in [0.3, 0.4) is 0 Å². The average molecular weight is 256 g/mol. The van der Waals surface area contributed by atoms with Gasteiger partial charge in [0, 0.05) is 25.4 Å². The van der Waals surface area contributed by atoms with E-state index in [0.717, 1.165) is 31.4 Å². The zero-order valence-electron chi connectivity index (χ0n) is 10.3. The molecule has 0 saturated carbocycles. The molecular weight excluding hydrogens is 238 g/mol. The van der Waals surface area contributed by atoms with Gasteiger partial charge in [0.15, 0.2) is 0 Å². The average Bonchev–Trinajstić information content (AvgIpc) is 2.74. The molecule has 2 rings (SSSR count). The van der Waals surface area contributed by atoms with Crippen molar-refractivity contribution in [2.45, 2.75) is 37.6 Å². The maximum Gasteiger partial charge on any atom is 0.240 e. The summed E-state index contributed by atoms with van der Waals surface area (Å²) in [6.07, 6.45) is 7.04. The van der Waals surface area contributed by atoms with E-state index >= 15 is 0 Å². The summed E-state index contributed by atoms with van der Waals surface area (Å²) in [4.78, 5) is 14.0. The van der Waals surface area contributed by atoms with Crippen LogP contribution in [0, 0.1) is 0 Å². The monoisotopic (exact) mass is 255 g/mol. The van der Waals surface area contributed by atoms with Crippen LogP contribution in [0.2, 0.25) is 0 Å². The molecule has 1 amide bonds. The number of likely N-dealkylation sites (tertiary alicyclic amines) is 1. The van der Waals surface area contributed by atoms with Crippen molar-refractivity contribution in [2.24, 2.45) is 7.05 Å². The maximum absolute atomic E-state index is 12.1. The molecular formula is C12H18ClN3O. The van der Waals surface area contributed by atoms with E-state index in [4.69, 9.17) is 11.6 Å². The van der Waals surface area contributed by atoms with E-state index in [1.165, 1.54) is 0 Å². The molecule has 4 nitrogen and oxygen atoms in total. The van der Waals surface area contributed by atoms with E-state index in [2.05, 4.69) is 5.10 Å². The molecule has 0 spiro atoms. The second-order valence-corrected chi connectivity index (χ2v) is 5.26. The number of amides is 1. The molecule has 0 aliphatic carbocycles. The number of hydrogen-bond donors (Lipinski definition) is 0. The van der Waals surface area contributed by atoms with Crippen LogP contribution in [0.25, 0.3) is 0 Å². The zero-order valence-corrected chi connectivity index (χ0v) is 11.0. The number of alkyl halides is 1. The number of hydrogen-bond acceptors (Lipinski definition) is 2. The third kappa shape index (κ3) is 2.63. The number of halogens is 1. The molecule has 1 fully saturated rings. The van der Waals surface area contributed by atoms with Crippen LogP contribution in [0.5, 0.6) is 0 Å². The van der Waals surface area contributed by atoms with Gasteiger partial charge in [-0.1, -0.05) is 0 Å². The lowest BCUT2D eigenvalue weighted by molar-refractivity contribution is -0.134. The SMILES string of the molecule is CC(Cl)C(=O)N1CCCCC1c1cnn(C)c1. The first kappa shape index (κ1) is 12.4. The first-order valence-corrected chi connectivity index (χ1v) is 6.46. The van der Waals surface area contributed by atoms with Crippen LogP contribution in [0.4, 0.5) is 0 Å². The van der Waals surface area contributed by atoms with Crippen molar-refractivity contribution in [1.29, 1.82) is 0 Å². The minimum absolute atomic E-state index is 0.0280. The summed E-state index contributed by atoms with van der Waals surface area (Å²) in [5.74, 6) is 0.0280. The Balaban J connectivity index is 2.20. The molecule has 0 radical (unpaired) electrons. The lowest BCUT2D eigenvalue weighted by Gasteiger charge is -2.36. The summed E-state index contributed by atoms with van der Waals surface area (Å²) in [5, 5.41) is 3.72. The summed E-state index contributed by atoms with van der Waals surface area (Å²) in [5.41, 5.74) is 1.11. The first-order chi connectivity index (χ1) is 8.09. The van der Waals surface area contributed by atoms with E-state index in [1.54, 1.807) is 11.6 Å². The Morgan fingerprint density at radius 3 is 2.94 bits per heavy atom. The van der Waals surface area contributed by atoms with Gasteiger partial charge in [-0.2, -0.15) is 5.10 Å². The predicted molar refractivity (Wildman–Crippen MR) is 66.8 cm³/mol. The van der Waals surface area contributed by atoms with Crippen molar-refractivity contribution in [1.82, 2.24) is 14.7 Å². The number of aromatic nitrogens is 2. The topological polar surface area (TPSA) is 38.1 Å². The number of rotatable bonds is 2. The van der Waals surface area contributed by atoms with Gasteiger partial charge in [0.1, 0.15) is 5.38 Å². The van der Waals surface area contributed by atoms with E-state index in [0.29, 0.717) is 0 Å². The fraction of sp³-hybridized carbons (Fsp3) is 0.667. The van der Waals surface area contributed by atoms with Crippen LogP contribution in [-0.4, -0.2) is 32.5 Å². The summed E-state index contributed by atoms with van der Waals surface area (Å²) in [6, 6.07) is 0.145. The fourth-order valence-corrected chi connectivity index (χ4v) is 2.51. The molecule has 1 saturated heterocycles. The molecule has 2 unspecified atom stereocenters. The smallest absolute Gasteiger partial charge is 0.240 e. The van der Waals surface area contributed by atoms with Gasteiger partial charge in [-0.25, -0.2) is 0 Å². The zero-order chi connectivity index (χ0) is 12.4. The second-order valence-electron chi connectivity index (χ2n) is 4.61. The van der Waals surface area contributed by atoms with E-state index < -0.39 is 5.38 Å². The van der Waals surface area contributed by atoms with Crippen molar-refractivity contribution in [2.75, 3.05) is 6.54 Å². The summed E-state index contributed by atoms with van der Waals surface area (Å²) in [6.45, 7) is 2.54. The van der Waals surface area contributed by atoms with Gasteiger partial charge in [-0.05, 0) is 26.2 Å². The van der Waals surface area contributed by atoms with Gasteiger partial charge in [-0.15, -0.1) is 11.6 Å². The highest BCUT2D eigenvalue weighted by atomic mass is 35.5. The highest BCUT2D eigenvalue weighted by Crippen LogP contribution is 2.31. The summed E-state index contributed by atoms with van der Waals surface area (Å²) < 4.78 is 1.77. The second kappa shape index (κ2) is 5.08. The van der Waals surface area contributed by atoms with Crippen molar-refractivity contribution in [3.63, 3.8) is 0 Å². The predicted octanol–water partition coefficient (Wildman–Crippen LogP) is 2.10. The Morgan fingerprint density at radius 1 is 1.59 bits per heavy atom. The largest absolute Gasteiger partial charge is 0.334 e.